The predicted octanol–water partition coefficient (Wildman–Crippen LogP) is 1.95. The third kappa shape index (κ3) is 1.31. The second-order valence-corrected chi connectivity index (χ2v) is 6.86. The van der Waals surface area contributed by atoms with Crippen molar-refractivity contribution < 1.29 is 14.2 Å². The standard InChI is InChI=1S/C13H20O3/c1-12(2)6-14-13(15-7-12)4-8-3-10-11(16-10)9(8)5-13/h8-11H,3-7H2,1-2H3/t8-,9+,10?,11?/m0/s1. The average Bonchev–Trinajstić information content (AvgIpc) is 2.78. The van der Waals surface area contributed by atoms with E-state index >= 15 is 0 Å². The molecule has 1 spiro atoms. The molecular weight excluding hydrogens is 204 g/mol. The van der Waals surface area contributed by atoms with Crippen LogP contribution in [0.1, 0.15) is 33.1 Å². The van der Waals surface area contributed by atoms with Crippen molar-refractivity contribution in [3.8, 4) is 0 Å². The first kappa shape index (κ1) is 9.86. The highest BCUT2D eigenvalue weighted by molar-refractivity contribution is 5.09. The van der Waals surface area contributed by atoms with Gasteiger partial charge in [-0.15, -0.1) is 0 Å². The van der Waals surface area contributed by atoms with Crippen molar-refractivity contribution in [1.29, 1.82) is 0 Å². The molecule has 4 rings (SSSR count). The van der Waals surface area contributed by atoms with E-state index in [0.717, 1.165) is 32.0 Å². The minimum Gasteiger partial charge on any atom is -0.369 e. The van der Waals surface area contributed by atoms with Crippen LogP contribution in [0.15, 0.2) is 0 Å². The van der Waals surface area contributed by atoms with Gasteiger partial charge in [-0.05, 0) is 18.3 Å². The van der Waals surface area contributed by atoms with Crippen LogP contribution in [0.25, 0.3) is 0 Å². The predicted molar refractivity (Wildman–Crippen MR) is 57.9 cm³/mol. The number of fused-ring (bicyclic) bond motifs is 3. The molecule has 0 aromatic carbocycles. The van der Waals surface area contributed by atoms with E-state index in [0.29, 0.717) is 18.1 Å². The Labute approximate surface area is 96.4 Å². The van der Waals surface area contributed by atoms with E-state index in [1.807, 2.05) is 0 Å². The molecule has 16 heavy (non-hydrogen) atoms. The SMILES string of the molecule is CC1(C)COC2(C[C@@H]3CC4OC4[C@@H]3C2)OC1. The van der Waals surface area contributed by atoms with Crippen molar-refractivity contribution in [2.75, 3.05) is 13.2 Å². The number of epoxide rings is 1. The van der Waals surface area contributed by atoms with Gasteiger partial charge in [-0.3, -0.25) is 0 Å². The van der Waals surface area contributed by atoms with Crippen LogP contribution in [0.3, 0.4) is 0 Å². The molecule has 0 bridgehead atoms. The molecule has 0 aromatic heterocycles. The zero-order valence-electron chi connectivity index (χ0n) is 10.1. The van der Waals surface area contributed by atoms with Gasteiger partial charge in [-0.1, -0.05) is 13.8 Å². The summed E-state index contributed by atoms with van der Waals surface area (Å²) in [6.45, 7) is 6.08. The summed E-state index contributed by atoms with van der Waals surface area (Å²) in [4.78, 5) is 0. The number of hydrogen-bond acceptors (Lipinski definition) is 3. The molecule has 0 N–H and O–H groups in total. The van der Waals surface area contributed by atoms with Crippen LogP contribution in [-0.2, 0) is 14.2 Å². The van der Waals surface area contributed by atoms with Crippen LogP contribution < -0.4 is 0 Å². The summed E-state index contributed by atoms with van der Waals surface area (Å²) >= 11 is 0. The molecule has 0 aromatic rings. The fraction of sp³-hybridized carbons (Fsp3) is 1.00. The fourth-order valence-electron chi connectivity index (χ4n) is 3.80. The van der Waals surface area contributed by atoms with Gasteiger partial charge in [0, 0.05) is 18.3 Å². The normalized spacial score (nSPS) is 51.4. The molecule has 2 heterocycles. The largest absolute Gasteiger partial charge is 0.369 e. The summed E-state index contributed by atoms with van der Waals surface area (Å²) in [5.41, 5.74) is 0.182. The highest BCUT2D eigenvalue weighted by atomic mass is 16.7. The molecular formula is C13H20O3. The Morgan fingerprint density at radius 3 is 2.50 bits per heavy atom. The summed E-state index contributed by atoms with van der Waals surface area (Å²) in [7, 11) is 0. The first-order chi connectivity index (χ1) is 7.57. The zero-order chi connectivity index (χ0) is 11.0. The van der Waals surface area contributed by atoms with E-state index < -0.39 is 0 Å². The van der Waals surface area contributed by atoms with Crippen molar-refractivity contribution in [3.63, 3.8) is 0 Å². The number of ether oxygens (including phenoxy) is 3. The maximum absolute atomic E-state index is 6.07. The Hall–Kier alpha value is -0.120. The first-order valence-electron chi connectivity index (χ1n) is 6.50. The molecule has 4 fully saturated rings. The zero-order valence-corrected chi connectivity index (χ0v) is 10.1. The van der Waals surface area contributed by atoms with Crippen LogP contribution in [0, 0.1) is 17.3 Å². The third-order valence-corrected chi connectivity index (χ3v) is 4.76. The fourth-order valence-corrected chi connectivity index (χ4v) is 3.80. The lowest BCUT2D eigenvalue weighted by molar-refractivity contribution is -0.297. The molecule has 2 saturated heterocycles. The van der Waals surface area contributed by atoms with E-state index in [1.165, 1.54) is 6.42 Å². The van der Waals surface area contributed by atoms with Gasteiger partial charge in [-0.25, -0.2) is 0 Å². The quantitative estimate of drug-likeness (QED) is 0.589. The molecule has 4 aliphatic rings. The van der Waals surface area contributed by atoms with Crippen LogP contribution in [0.5, 0.6) is 0 Å². The van der Waals surface area contributed by atoms with Gasteiger partial charge in [0.1, 0.15) is 0 Å². The van der Waals surface area contributed by atoms with Crippen molar-refractivity contribution >= 4 is 0 Å². The van der Waals surface area contributed by atoms with Crippen LogP contribution >= 0.6 is 0 Å². The smallest absolute Gasteiger partial charge is 0.168 e. The summed E-state index contributed by atoms with van der Waals surface area (Å²) in [5, 5.41) is 0. The van der Waals surface area contributed by atoms with Gasteiger partial charge in [-0.2, -0.15) is 0 Å². The maximum Gasteiger partial charge on any atom is 0.168 e. The number of rotatable bonds is 0. The molecule has 2 aliphatic heterocycles. The lowest BCUT2D eigenvalue weighted by atomic mass is 9.94. The minimum absolute atomic E-state index is 0.182. The van der Waals surface area contributed by atoms with Gasteiger partial charge in [0.25, 0.3) is 0 Å². The summed E-state index contributed by atoms with van der Waals surface area (Å²) in [5.74, 6) is 1.26. The highest BCUT2D eigenvalue weighted by Gasteiger charge is 2.63. The van der Waals surface area contributed by atoms with Crippen molar-refractivity contribution in [2.45, 2.75) is 51.1 Å². The summed E-state index contributed by atoms with van der Waals surface area (Å²) in [6, 6.07) is 0. The van der Waals surface area contributed by atoms with Gasteiger partial charge >= 0.3 is 0 Å². The lowest BCUT2D eigenvalue weighted by Gasteiger charge is -2.41. The van der Waals surface area contributed by atoms with Crippen LogP contribution in [0.4, 0.5) is 0 Å². The molecule has 3 heteroatoms. The van der Waals surface area contributed by atoms with Crippen LogP contribution in [-0.4, -0.2) is 31.2 Å². The van der Waals surface area contributed by atoms with E-state index in [2.05, 4.69) is 13.8 Å². The van der Waals surface area contributed by atoms with Gasteiger partial charge < -0.3 is 14.2 Å². The topological polar surface area (TPSA) is 31.0 Å². The van der Waals surface area contributed by atoms with Crippen molar-refractivity contribution in [2.24, 2.45) is 17.3 Å². The number of hydrogen-bond donors (Lipinski definition) is 0. The molecule has 4 atom stereocenters. The second-order valence-electron chi connectivity index (χ2n) is 6.86. The van der Waals surface area contributed by atoms with Gasteiger partial charge in [0.15, 0.2) is 5.79 Å². The first-order valence-corrected chi connectivity index (χ1v) is 6.50. The Kier molecular flexibility index (Phi) is 1.74. The third-order valence-electron chi connectivity index (χ3n) is 4.76. The average molecular weight is 224 g/mol. The molecule has 90 valence electrons. The molecule has 0 amide bonds. The Balaban J connectivity index is 1.49. The van der Waals surface area contributed by atoms with Crippen molar-refractivity contribution in [3.05, 3.63) is 0 Å². The Morgan fingerprint density at radius 2 is 1.81 bits per heavy atom. The van der Waals surface area contributed by atoms with E-state index in [9.17, 15) is 0 Å². The van der Waals surface area contributed by atoms with E-state index in [1.54, 1.807) is 0 Å². The Bertz CT molecular complexity index is 315. The summed E-state index contributed by atoms with van der Waals surface area (Å²) in [6.07, 6.45) is 4.55. The Morgan fingerprint density at radius 1 is 1.06 bits per heavy atom. The molecule has 0 radical (unpaired) electrons. The molecule has 2 saturated carbocycles. The monoisotopic (exact) mass is 224 g/mol. The van der Waals surface area contributed by atoms with E-state index in [-0.39, 0.29) is 11.2 Å². The van der Waals surface area contributed by atoms with Gasteiger partial charge in [0.2, 0.25) is 0 Å². The summed E-state index contributed by atoms with van der Waals surface area (Å²) < 4.78 is 17.8. The van der Waals surface area contributed by atoms with E-state index in [4.69, 9.17) is 14.2 Å². The lowest BCUT2D eigenvalue weighted by Crippen LogP contribution is -2.46. The minimum atomic E-state index is -0.248. The molecule has 3 nitrogen and oxygen atoms in total. The highest BCUT2D eigenvalue weighted by Crippen LogP contribution is 2.59. The molecule has 2 unspecified atom stereocenters. The second kappa shape index (κ2) is 2.82. The van der Waals surface area contributed by atoms with Crippen molar-refractivity contribution in [1.82, 2.24) is 0 Å². The molecule has 2 aliphatic carbocycles. The maximum atomic E-state index is 6.07. The van der Waals surface area contributed by atoms with Crippen LogP contribution in [0.2, 0.25) is 0 Å². The van der Waals surface area contributed by atoms with Gasteiger partial charge in [0.05, 0.1) is 25.4 Å².